The maximum Gasteiger partial charge on any atom is 0.0580 e. The van der Waals surface area contributed by atoms with Crippen LogP contribution in [0.1, 0.15) is 72.1 Å². The Labute approximate surface area is 119 Å². The highest BCUT2D eigenvalue weighted by atomic mass is 16.3. The lowest BCUT2D eigenvalue weighted by atomic mass is 9.71. The van der Waals surface area contributed by atoms with E-state index in [0.29, 0.717) is 17.4 Å². The van der Waals surface area contributed by atoms with Crippen LogP contribution in [0.15, 0.2) is 0 Å². The summed E-state index contributed by atoms with van der Waals surface area (Å²) in [5, 5.41) is 13.7. The van der Waals surface area contributed by atoms with Gasteiger partial charge in [-0.25, -0.2) is 0 Å². The van der Waals surface area contributed by atoms with Gasteiger partial charge in [0, 0.05) is 12.6 Å². The van der Waals surface area contributed by atoms with Crippen LogP contribution in [-0.4, -0.2) is 23.8 Å². The molecule has 0 bridgehead atoms. The Hall–Kier alpha value is -0.0800. The summed E-state index contributed by atoms with van der Waals surface area (Å²) in [5.74, 6) is 1.40. The molecule has 2 saturated carbocycles. The van der Waals surface area contributed by atoms with Crippen molar-refractivity contribution in [3.63, 3.8) is 0 Å². The Bertz CT molecular complexity index is 263. The predicted octanol–water partition coefficient (Wildman–Crippen LogP) is 3.73. The largest absolute Gasteiger partial charge is 0.393 e. The van der Waals surface area contributed by atoms with E-state index < -0.39 is 0 Å². The van der Waals surface area contributed by atoms with E-state index in [1.807, 2.05) is 0 Å². The van der Waals surface area contributed by atoms with Gasteiger partial charge in [-0.1, -0.05) is 33.6 Å². The molecular weight excluding hydrogens is 234 g/mol. The molecule has 2 aliphatic rings. The van der Waals surface area contributed by atoms with Crippen LogP contribution in [0.4, 0.5) is 0 Å². The molecule has 2 nitrogen and oxygen atoms in total. The molecule has 0 aromatic heterocycles. The molecule has 0 aromatic rings. The van der Waals surface area contributed by atoms with Crippen LogP contribution in [0.25, 0.3) is 0 Å². The first-order valence-corrected chi connectivity index (χ1v) is 8.38. The summed E-state index contributed by atoms with van der Waals surface area (Å²) in [6.07, 6.45) is 10.1. The molecule has 0 aromatic carbocycles. The Kier molecular flexibility index (Phi) is 5.30. The fraction of sp³-hybridized carbons (Fsp3) is 1.00. The van der Waals surface area contributed by atoms with Crippen molar-refractivity contribution in [1.29, 1.82) is 0 Å². The zero-order valence-corrected chi connectivity index (χ0v) is 13.1. The van der Waals surface area contributed by atoms with E-state index in [1.165, 1.54) is 44.9 Å². The number of nitrogens with one attached hydrogen (secondary N) is 1. The topological polar surface area (TPSA) is 32.3 Å². The van der Waals surface area contributed by atoms with Gasteiger partial charge < -0.3 is 10.4 Å². The minimum absolute atomic E-state index is 0.0489. The van der Waals surface area contributed by atoms with Gasteiger partial charge in [0.25, 0.3) is 0 Å². The summed E-state index contributed by atoms with van der Waals surface area (Å²) < 4.78 is 0. The van der Waals surface area contributed by atoms with E-state index in [0.717, 1.165) is 18.9 Å². The molecule has 0 radical (unpaired) electrons. The van der Waals surface area contributed by atoms with Crippen LogP contribution in [-0.2, 0) is 0 Å². The number of hydrogen-bond acceptors (Lipinski definition) is 2. The van der Waals surface area contributed by atoms with Gasteiger partial charge >= 0.3 is 0 Å². The first kappa shape index (κ1) is 15.3. The first-order valence-electron chi connectivity index (χ1n) is 8.38. The van der Waals surface area contributed by atoms with Crippen molar-refractivity contribution in [3.05, 3.63) is 0 Å². The lowest BCUT2D eigenvalue weighted by molar-refractivity contribution is 0.0656. The zero-order chi connectivity index (χ0) is 13.9. The van der Waals surface area contributed by atoms with E-state index >= 15 is 0 Å². The molecule has 0 spiro atoms. The molecule has 2 fully saturated rings. The Morgan fingerprint density at radius 1 is 0.947 bits per heavy atom. The average Bonchev–Trinajstić information content (AvgIpc) is 2.37. The lowest BCUT2D eigenvalue weighted by Gasteiger charge is -2.38. The molecule has 19 heavy (non-hydrogen) atoms. The van der Waals surface area contributed by atoms with Crippen LogP contribution in [0, 0.1) is 17.3 Å². The number of aliphatic hydroxyl groups is 1. The fourth-order valence-electron chi connectivity index (χ4n) is 3.91. The maximum atomic E-state index is 10.0. The van der Waals surface area contributed by atoms with Crippen molar-refractivity contribution in [3.8, 4) is 0 Å². The van der Waals surface area contributed by atoms with Crippen molar-refractivity contribution in [1.82, 2.24) is 5.32 Å². The molecule has 2 N–H and O–H groups in total. The van der Waals surface area contributed by atoms with E-state index in [2.05, 4.69) is 26.1 Å². The molecule has 0 heterocycles. The third-order valence-electron chi connectivity index (χ3n) is 5.49. The van der Waals surface area contributed by atoms with Crippen molar-refractivity contribution < 1.29 is 5.11 Å². The number of aliphatic hydroxyl groups excluding tert-OH is 1. The van der Waals surface area contributed by atoms with E-state index in [4.69, 9.17) is 0 Å². The highest BCUT2D eigenvalue weighted by molar-refractivity contribution is 4.85. The molecule has 0 amide bonds. The summed E-state index contributed by atoms with van der Waals surface area (Å²) in [7, 11) is 0. The monoisotopic (exact) mass is 267 g/mol. The van der Waals surface area contributed by atoms with E-state index in [1.54, 1.807) is 0 Å². The third-order valence-corrected chi connectivity index (χ3v) is 5.49. The zero-order valence-electron chi connectivity index (χ0n) is 13.1. The van der Waals surface area contributed by atoms with Crippen LogP contribution < -0.4 is 5.32 Å². The van der Waals surface area contributed by atoms with Gasteiger partial charge in [0.15, 0.2) is 0 Å². The molecule has 2 unspecified atom stereocenters. The minimum Gasteiger partial charge on any atom is -0.393 e. The van der Waals surface area contributed by atoms with Crippen LogP contribution in [0.3, 0.4) is 0 Å². The quantitative estimate of drug-likeness (QED) is 0.816. The minimum atomic E-state index is -0.0489. The normalized spacial score (nSPS) is 37.3. The molecule has 2 atom stereocenters. The fourth-order valence-corrected chi connectivity index (χ4v) is 3.91. The molecule has 0 aliphatic heterocycles. The van der Waals surface area contributed by atoms with Gasteiger partial charge in [-0.15, -0.1) is 0 Å². The summed E-state index contributed by atoms with van der Waals surface area (Å²) in [5.41, 5.74) is 0.477. The second kappa shape index (κ2) is 6.58. The lowest BCUT2D eigenvalue weighted by Crippen LogP contribution is -2.41. The molecule has 112 valence electrons. The SMILES string of the molecule is CC(C)(C)C1CCC(NCC2CCCCC2O)CC1. The molecular formula is C17H33NO. The summed E-state index contributed by atoms with van der Waals surface area (Å²) in [4.78, 5) is 0. The van der Waals surface area contributed by atoms with Crippen LogP contribution in [0.5, 0.6) is 0 Å². The van der Waals surface area contributed by atoms with Crippen molar-refractivity contribution >= 4 is 0 Å². The highest BCUT2D eigenvalue weighted by Gasteiger charge is 2.30. The average molecular weight is 267 g/mol. The van der Waals surface area contributed by atoms with Gasteiger partial charge in [0.05, 0.1) is 6.10 Å². The highest BCUT2D eigenvalue weighted by Crippen LogP contribution is 2.37. The van der Waals surface area contributed by atoms with Gasteiger partial charge in [-0.2, -0.15) is 0 Å². The van der Waals surface area contributed by atoms with Crippen LogP contribution >= 0.6 is 0 Å². The third kappa shape index (κ3) is 4.46. The second-order valence-electron chi connectivity index (χ2n) is 7.93. The van der Waals surface area contributed by atoms with E-state index in [9.17, 15) is 5.11 Å². The smallest absolute Gasteiger partial charge is 0.0580 e. The predicted molar refractivity (Wildman–Crippen MR) is 81.2 cm³/mol. The Balaban J connectivity index is 1.68. The standard InChI is InChI=1S/C17H33NO/c1-17(2,3)14-8-10-15(11-9-14)18-12-13-6-4-5-7-16(13)19/h13-16,18-19H,4-12H2,1-3H3. The molecule has 0 saturated heterocycles. The van der Waals surface area contributed by atoms with Crippen molar-refractivity contribution in [2.45, 2.75) is 84.3 Å². The molecule has 2 aliphatic carbocycles. The van der Waals surface area contributed by atoms with Gasteiger partial charge in [-0.3, -0.25) is 0 Å². The first-order chi connectivity index (χ1) is 8.97. The second-order valence-corrected chi connectivity index (χ2v) is 7.93. The molecule has 2 heteroatoms. The van der Waals surface area contributed by atoms with Gasteiger partial charge in [0.2, 0.25) is 0 Å². The number of hydrogen-bond donors (Lipinski definition) is 2. The van der Waals surface area contributed by atoms with Crippen molar-refractivity contribution in [2.75, 3.05) is 6.54 Å². The van der Waals surface area contributed by atoms with E-state index in [-0.39, 0.29) is 6.10 Å². The summed E-state index contributed by atoms with van der Waals surface area (Å²) in [6, 6.07) is 0.702. The van der Waals surface area contributed by atoms with Gasteiger partial charge in [-0.05, 0) is 55.8 Å². The Morgan fingerprint density at radius 2 is 1.58 bits per heavy atom. The van der Waals surface area contributed by atoms with Crippen molar-refractivity contribution in [2.24, 2.45) is 17.3 Å². The number of rotatable bonds is 3. The summed E-state index contributed by atoms with van der Waals surface area (Å²) in [6.45, 7) is 8.17. The Morgan fingerprint density at radius 3 is 2.16 bits per heavy atom. The summed E-state index contributed by atoms with van der Waals surface area (Å²) >= 11 is 0. The molecule has 2 rings (SSSR count). The van der Waals surface area contributed by atoms with Gasteiger partial charge in [0.1, 0.15) is 0 Å². The van der Waals surface area contributed by atoms with Crippen LogP contribution in [0.2, 0.25) is 0 Å². The maximum absolute atomic E-state index is 10.0.